The molecule has 1 rings (SSSR count). The molecule has 5 nitrogen and oxygen atoms in total. The van der Waals surface area contributed by atoms with Crippen LogP contribution in [-0.4, -0.2) is 50.8 Å². The standard InChI is InChI=1S/C13H28N2O3S/c1-13(2,3)11-19(16,17)15-8-5-12(6-9-15)18-10-4-7-14/h12H,4-11,14H2,1-3H3. The fraction of sp³-hybridized carbons (Fsp3) is 1.00. The minimum absolute atomic E-state index is 0.188. The second kappa shape index (κ2) is 7.02. The molecule has 0 radical (unpaired) electrons. The minimum Gasteiger partial charge on any atom is -0.378 e. The molecule has 0 aromatic rings. The molecule has 0 spiro atoms. The first-order valence-corrected chi connectivity index (χ1v) is 8.65. The lowest BCUT2D eigenvalue weighted by molar-refractivity contribution is 0.0208. The summed E-state index contributed by atoms with van der Waals surface area (Å²) in [6.45, 7) is 8.32. The zero-order chi connectivity index (χ0) is 14.5. The first kappa shape index (κ1) is 16.9. The lowest BCUT2D eigenvalue weighted by Gasteiger charge is -2.33. The molecule has 0 aromatic heterocycles. The maximum absolute atomic E-state index is 12.2. The summed E-state index contributed by atoms with van der Waals surface area (Å²) in [7, 11) is -3.13. The highest BCUT2D eigenvalue weighted by Crippen LogP contribution is 2.22. The van der Waals surface area contributed by atoms with Gasteiger partial charge in [-0.15, -0.1) is 0 Å². The summed E-state index contributed by atoms with van der Waals surface area (Å²) < 4.78 is 31.8. The number of sulfonamides is 1. The molecule has 1 aliphatic rings. The smallest absolute Gasteiger partial charge is 0.214 e. The number of rotatable bonds is 6. The van der Waals surface area contributed by atoms with Crippen LogP contribution in [0.1, 0.15) is 40.0 Å². The normalized spacial score (nSPS) is 19.8. The number of nitrogens with zero attached hydrogens (tertiary/aromatic N) is 1. The number of hydrogen-bond donors (Lipinski definition) is 1. The van der Waals surface area contributed by atoms with Gasteiger partial charge in [0.15, 0.2) is 0 Å². The van der Waals surface area contributed by atoms with E-state index in [2.05, 4.69) is 0 Å². The van der Waals surface area contributed by atoms with Crippen LogP contribution in [0.5, 0.6) is 0 Å². The Morgan fingerprint density at radius 3 is 2.32 bits per heavy atom. The number of piperidine rings is 1. The van der Waals surface area contributed by atoms with Gasteiger partial charge in [-0.05, 0) is 31.2 Å². The number of hydrogen-bond acceptors (Lipinski definition) is 4. The van der Waals surface area contributed by atoms with E-state index in [1.54, 1.807) is 4.31 Å². The van der Waals surface area contributed by atoms with Gasteiger partial charge >= 0.3 is 0 Å². The second-order valence-electron chi connectivity index (χ2n) is 6.43. The summed E-state index contributed by atoms with van der Waals surface area (Å²) in [4.78, 5) is 0. The highest BCUT2D eigenvalue weighted by atomic mass is 32.2. The molecule has 1 heterocycles. The summed E-state index contributed by atoms with van der Waals surface area (Å²) in [5.74, 6) is 0.207. The van der Waals surface area contributed by atoms with E-state index in [1.807, 2.05) is 20.8 Å². The van der Waals surface area contributed by atoms with Crippen molar-refractivity contribution in [1.82, 2.24) is 4.31 Å². The third-order valence-electron chi connectivity index (χ3n) is 3.11. The van der Waals surface area contributed by atoms with E-state index in [0.29, 0.717) is 26.2 Å². The van der Waals surface area contributed by atoms with Crippen LogP contribution in [-0.2, 0) is 14.8 Å². The molecule has 0 saturated carbocycles. The lowest BCUT2D eigenvalue weighted by atomic mass is 10.0. The van der Waals surface area contributed by atoms with Crippen LogP contribution in [0.15, 0.2) is 0 Å². The Hall–Kier alpha value is -0.170. The molecule has 19 heavy (non-hydrogen) atoms. The average molecular weight is 292 g/mol. The van der Waals surface area contributed by atoms with E-state index in [-0.39, 0.29) is 17.3 Å². The zero-order valence-corrected chi connectivity index (χ0v) is 13.2. The van der Waals surface area contributed by atoms with Crippen molar-refractivity contribution in [2.45, 2.75) is 46.1 Å². The molecule has 2 N–H and O–H groups in total. The number of ether oxygens (including phenoxy) is 1. The molecule has 0 unspecified atom stereocenters. The Kier molecular flexibility index (Phi) is 6.23. The van der Waals surface area contributed by atoms with E-state index in [1.165, 1.54) is 0 Å². The van der Waals surface area contributed by atoms with Crippen LogP contribution in [0.25, 0.3) is 0 Å². The third-order valence-corrected chi connectivity index (χ3v) is 5.49. The van der Waals surface area contributed by atoms with Crippen LogP contribution >= 0.6 is 0 Å². The van der Waals surface area contributed by atoms with Crippen LogP contribution in [0.2, 0.25) is 0 Å². The molecular formula is C13H28N2O3S. The van der Waals surface area contributed by atoms with Gasteiger partial charge in [0.2, 0.25) is 10.0 Å². The van der Waals surface area contributed by atoms with Gasteiger partial charge in [0, 0.05) is 19.7 Å². The van der Waals surface area contributed by atoms with E-state index >= 15 is 0 Å². The van der Waals surface area contributed by atoms with Gasteiger partial charge in [-0.3, -0.25) is 0 Å². The molecule has 114 valence electrons. The van der Waals surface area contributed by atoms with Crippen molar-refractivity contribution < 1.29 is 13.2 Å². The topological polar surface area (TPSA) is 72.6 Å². The summed E-state index contributed by atoms with van der Waals surface area (Å²) >= 11 is 0. The molecule has 0 atom stereocenters. The largest absolute Gasteiger partial charge is 0.378 e. The fourth-order valence-electron chi connectivity index (χ4n) is 2.25. The third kappa shape index (κ3) is 6.21. The SMILES string of the molecule is CC(C)(C)CS(=O)(=O)N1CCC(OCCCN)CC1. The van der Waals surface area contributed by atoms with Gasteiger partial charge in [-0.25, -0.2) is 12.7 Å². The predicted octanol–water partition coefficient (Wildman–Crippen LogP) is 1.19. The summed E-state index contributed by atoms with van der Waals surface area (Å²) in [5.41, 5.74) is 5.21. The van der Waals surface area contributed by atoms with Crippen LogP contribution in [0.3, 0.4) is 0 Å². The Morgan fingerprint density at radius 1 is 1.26 bits per heavy atom. The summed E-state index contributed by atoms with van der Waals surface area (Å²) in [6, 6.07) is 0. The fourth-order valence-corrected chi connectivity index (χ4v) is 4.29. The molecule has 0 bridgehead atoms. The Bertz CT molecular complexity index is 355. The van der Waals surface area contributed by atoms with Crippen molar-refractivity contribution in [3.63, 3.8) is 0 Å². The van der Waals surface area contributed by atoms with Gasteiger partial charge in [-0.1, -0.05) is 20.8 Å². The zero-order valence-electron chi connectivity index (χ0n) is 12.4. The highest BCUT2D eigenvalue weighted by Gasteiger charge is 2.31. The van der Waals surface area contributed by atoms with E-state index < -0.39 is 10.0 Å². The highest BCUT2D eigenvalue weighted by molar-refractivity contribution is 7.89. The Balaban J connectivity index is 2.41. The molecule has 1 saturated heterocycles. The van der Waals surface area contributed by atoms with E-state index in [4.69, 9.17) is 10.5 Å². The van der Waals surface area contributed by atoms with Gasteiger partial charge < -0.3 is 10.5 Å². The molecule has 0 amide bonds. The molecule has 1 fully saturated rings. The van der Waals surface area contributed by atoms with Gasteiger partial charge in [0.1, 0.15) is 0 Å². The quantitative estimate of drug-likeness (QED) is 0.746. The van der Waals surface area contributed by atoms with E-state index in [9.17, 15) is 8.42 Å². The van der Waals surface area contributed by atoms with Gasteiger partial charge in [0.05, 0.1) is 11.9 Å². The minimum atomic E-state index is -3.13. The van der Waals surface area contributed by atoms with Crippen molar-refractivity contribution in [2.75, 3.05) is 32.0 Å². The van der Waals surface area contributed by atoms with Crippen LogP contribution in [0.4, 0.5) is 0 Å². The maximum atomic E-state index is 12.2. The Morgan fingerprint density at radius 2 is 1.84 bits per heavy atom. The van der Waals surface area contributed by atoms with Gasteiger partial charge in [-0.2, -0.15) is 0 Å². The number of nitrogens with two attached hydrogens (primary N) is 1. The predicted molar refractivity (Wildman–Crippen MR) is 77.5 cm³/mol. The van der Waals surface area contributed by atoms with Crippen molar-refractivity contribution in [3.05, 3.63) is 0 Å². The van der Waals surface area contributed by atoms with Crippen LogP contribution < -0.4 is 5.73 Å². The molecule has 0 aromatic carbocycles. The monoisotopic (exact) mass is 292 g/mol. The van der Waals surface area contributed by atoms with Crippen molar-refractivity contribution in [2.24, 2.45) is 11.1 Å². The molecule has 6 heteroatoms. The average Bonchev–Trinajstić information content (AvgIpc) is 2.27. The second-order valence-corrected chi connectivity index (χ2v) is 8.40. The van der Waals surface area contributed by atoms with Crippen molar-refractivity contribution >= 4 is 10.0 Å². The first-order chi connectivity index (χ1) is 8.74. The summed E-state index contributed by atoms with van der Waals surface area (Å²) in [5, 5.41) is 0. The van der Waals surface area contributed by atoms with E-state index in [0.717, 1.165) is 19.3 Å². The lowest BCUT2D eigenvalue weighted by Crippen LogP contribution is -2.43. The molecule has 1 aliphatic heterocycles. The summed E-state index contributed by atoms with van der Waals surface area (Å²) in [6.07, 6.45) is 2.62. The van der Waals surface area contributed by atoms with Crippen LogP contribution in [0, 0.1) is 5.41 Å². The maximum Gasteiger partial charge on any atom is 0.214 e. The first-order valence-electron chi connectivity index (χ1n) is 7.04. The van der Waals surface area contributed by atoms with Crippen molar-refractivity contribution in [3.8, 4) is 0 Å². The molecular weight excluding hydrogens is 264 g/mol. The Labute approximate surface area is 117 Å². The van der Waals surface area contributed by atoms with Crippen molar-refractivity contribution in [1.29, 1.82) is 0 Å². The van der Waals surface area contributed by atoms with Gasteiger partial charge in [0.25, 0.3) is 0 Å². The molecule has 0 aliphatic carbocycles.